The molecule has 0 saturated heterocycles. The molecule has 0 unspecified atom stereocenters. The van der Waals surface area contributed by atoms with E-state index >= 15 is 0 Å². The van der Waals surface area contributed by atoms with Crippen LogP contribution in [0.25, 0.3) is 6.08 Å². The smallest absolute Gasteiger partial charge is 0.348 e. The van der Waals surface area contributed by atoms with Crippen molar-refractivity contribution < 1.29 is 19.0 Å². The predicted molar refractivity (Wildman–Crippen MR) is 84.0 cm³/mol. The highest BCUT2D eigenvalue weighted by molar-refractivity contribution is 6.32. The van der Waals surface area contributed by atoms with Crippen molar-refractivity contribution in [3.05, 3.63) is 28.3 Å². The highest BCUT2D eigenvalue weighted by atomic mass is 35.5. The number of hydrogen-bond acceptors (Lipinski definition) is 5. The molecule has 118 valence electrons. The highest BCUT2D eigenvalue weighted by Gasteiger charge is 2.14. The van der Waals surface area contributed by atoms with Gasteiger partial charge in [-0.3, -0.25) is 0 Å². The fourth-order valence-electron chi connectivity index (χ4n) is 1.71. The molecule has 5 nitrogen and oxygen atoms in total. The number of rotatable bonds is 7. The molecule has 0 aliphatic carbocycles. The third-order valence-corrected chi connectivity index (χ3v) is 3.12. The van der Waals surface area contributed by atoms with E-state index in [1.165, 1.54) is 20.3 Å². The third-order valence-electron chi connectivity index (χ3n) is 2.84. The maximum absolute atomic E-state index is 11.8. The Kier molecular flexibility index (Phi) is 7.27. The molecule has 1 aromatic carbocycles. The molecule has 0 aliphatic heterocycles. The Bertz CT molecular complexity index is 605. The number of ether oxygens (including phenoxy) is 3. The first-order valence-electron chi connectivity index (χ1n) is 6.77. The van der Waals surface area contributed by atoms with Gasteiger partial charge in [0.05, 0.1) is 25.8 Å². The van der Waals surface area contributed by atoms with Crippen molar-refractivity contribution in [1.82, 2.24) is 0 Å². The van der Waals surface area contributed by atoms with Crippen LogP contribution in [0.15, 0.2) is 17.7 Å². The molecule has 0 saturated carbocycles. The lowest BCUT2D eigenvalue weighted by Gasteiger charge is -2.10. The molecule has 0 aliphatic rings. The van der Waals surface area contributed by atoms with Gasteiger partial charge >= 0.3 is 5.97 Å². The van der Waals surface area contributed by atoms with Crippen LogP contribution < -0.4 is 9.47 Å². The Morgan fingerprint density at radius 2 is 2.09 bits per heavy atom. The summed E-state index contributed by atoms with van der Waals surface area (Å²) in [6.45, 7) is 2.28. The fraction of sp³-hybridized carbons (Fsp3) is 0.375. The number of carbonyl (C=O) groups excluding carboxylic acids is 1. The number of nitriles is 1. The van der Waals surface area contributed by atoms with Crippen LogP contribution in [0.4, 0.5) is 0 Å². The molecule has 0 aromatic heterocycles. The lowest BCUT2D eigenvalue weighted by atomic mass is 10.1. The van der Waals surface area contributed by atoms with Gasteiger partial charge in [-0.25, -0.2) is 4.79 Å². The van der Waals surface area contributed by atoms with Crippen molar-refractivity contribution in [1.29, 1.82) is 5.26 Å². The summed E-state index contributed by atoms with van der Waals surface area (Å²) in [5, 5.41) is 9.43. The molecule has 0 fully saturated rings. The SMILES string of the molecule is CCCCOC(=O)/C(C#N)=C/c1cc(Cl)c(OC)c(OC)c1. The van der Waals surface area contributed by atoms with Gasteiger partial charge < -0.3 is 14.2 Å². The van der Waals surface area contributed by atoms with Crippen LogP contribution in [-0.4, -0.2) is 26.8 Å². The lowest BCUT2D eigenvalue weighted by molar-refractivity contribution is -0.138. The Hall–Kier alpha value is -2.19. The number of methoxy groups -OCH3 is 2. The second kappa shape index (κ2) is 8.96. The summed E-state index contributed by atoms with van der Waals surface area (Å²) in [5.74, 6) is 0.157. The van der Waals surface area contributed by atoms with Crippen LogP contribution in [0.2, 0.25) is 5.02 Å². The lowest BCUT2D eigenvalue weighted by Crippen LogP contribution is -2.07. The summed E-state index contributed by atoms with van der Waals surface area (Å²) in [6.07, 6.45) is 3.07. The van der Waals surface area contributed by atoms with E-state index in [1.54, 1.807) is 12.1 Å². The van der Waals surface area contributed by atoms with Gasteiger partial charge in [-0.2, -0.15) is 5.26 Å². The summed E-state index contributed by atoms with van der Waals surface area (Å²) in [6, 6.07) is 5.04. The first-order valence-corrected chi connectivity index (χ1v) is 7.15. The number of unbranched alkanes of at least 4 members (excludes halogenated alkanes) is 1. The van der Waals surface area contributed by atoms with Crippen molar-refractivity contribution in [2.24, 2.45) is 0 Å². The van der Waals surface area contributed by atoms with Gasteiger partial charge in [-0.05, 0) is 30.2 Å². The van der Waals surface area contributed by atoms with Crippen molar-refractivity contribution >= 4 is 23.6 Å². The standard InChI is InChI=1S/C16H18ClNO4/c1-4-5-6-22-16(19)12(10-18)7-11-8-13(17)15(21-3)14(9-11)20-2/h7-9H,4-6H2,1-3H3/b12-7+. The first-order chi connectivity index (χ1) is 10.6. The zero-order valence-corrected chi connectivity index (χ0v) is 13.6. The second-order valence-corrected chi connectivity index (χ2v) is 4.80. The Balaban J connectivity index is 3.06. The zero-order valence-electron chi connectivity index (χ0n) is 12.8. The molecule has 6 heteroatoms. The number of hydrogen-bond donors (Lipinski definition) is 0. The number of esters is 1. The average molecular weight is 324 g/mol. The molecule has 1 aromatic rings. The van der Waals surface area contributed by atoms with E-state index < -0.39 is 5.97 Å². The number of nitrogens with zero attached hydrogens (tertiary/aromatic N) is 1. The van der Waals surface area contributed by atoms with Gasteiger partial charge in [-0.1, -0.05) is 24.9 Å². The van der Waals surface area contributed by atoms with E-state index in [0.717, 1.165) is 12.8 Å². The van der Waals surface area contributed by atoms with Crippen molar-refractivity contribution in [3.63, 3.8) is 0 Å². The second-order valence-electron chi connectivity index (χ2n) is 4.40. The number of halogens is 1. The van der Waals surface area contributed by atoms with Crippen LogP contribution in [0.3, 0.4) is 0 Å². The molecule has 0 bridgehead atoms. The summed E-state index contributed by atoms with van der Waals surface area (Å²) >= 11 is 6.09. The molecule has 0 N–H and O–H groups in total. The van der Waals surface area contributed by atoms with Crippen LogP contribution in [-0.2, 0) is 9.53 Å². The fourth-order valence-corrected chi connectivity index (χ4v) is 2.01. The van der Waals surface area contributed by atoms with Crippen molar-refractivity contribution in [2.45, 2.75) is 19.8 Å². The quantitative estimate of drug-likeness (QED) is 0.332. The normalized spacial score (nSPS) is 10.8. The van der Waals surface area contributed by atoms with Gasteiger partial charge in [0, 0.05) is 0 Å². The van der Waals surface area contributed by atoms with Crippen LogP contribution in [0, 0.1) is 11.3 Å². The average Bonchev–Trinajstić information content (AvgIpc) is 2.51. The summed E-state index contributed by atoms with van der Waals surface area (Å²) in [7, 11) is 2.96. The summed E-state index contributed by atoms with van der Waals surface area (Å²) < 4.78 is 15.3. The Labute approximate surface area is 135 Å². The molecule has 0 amide bonds. The zero-order chi connectivity index (χ0) is 16.5. The minimum atomic E-state index is -0.651. The van der Waals surface area contributed by atoms with E-state index in [0.29, 0.717) is 28.7 Å². The van der Waals surface area contributed by atoms with Gasteiger partial charge in [0.15, 0.2) is 11.5 Å². The Morgan fingerprint density at radius 3 is 2.64 bits per heavy atom. The van der Waals surface area contributed by atoms with E-state index in [9.17, 15) is 4.79 Å². The van der Waals surface area contributed by atoms with Gasteiger partial charge in [0.2, 0.25) is 0 Å². The maximum atomic E-state index is 11.8. The minimum absolute atomic E-state index is 0.0978. The van der Waals surface area contributed by atoms with Gasteiger partial charge in [0.1, 0.15) is 11.6 Å². The van der Waals surface area contributed by atoms with Crippen molar-refractivity contribution in [2.75, 3.05) is 20.8 Å². The molecule has 1 rings (SSSR count). The van der Waals surface area contributed by atoms with E-state index in [2.05, 4.69) is 0 Å². The van der Waals surface area contributed by atoms with E-state index in [1.807, 2.05) is 13.0 Å². The largest absolute Gasteiger partial charge is 0.493 e. The van der Waals surface area contributed by atoms with E-state index in [4.69, 9.17) is 31.1 Å². The Morgan fingerprint density at radius 1 is 1.36 bits per heavy atom. The molecule has 0 spiro atoms. The van der Waals surface area contributed by atoms with E-state index in [-0.39, 0.29) is 5.57 Å². The van der Waals surface area contributed by atoms with Crippen LogP contribution in [0.5, 0.6) is 11.5 Å². The maximum Gasteiger partial charge on any atom is 0.348 e. The molecular weight excluding hydrogens is 306 g/mol. The molecular formula is C16H18ClNO4. The topological polar surface area (TPSA) is 68.6 Å². The number of carbonyl (C=O) groups is 1. The van der Waals surface area contributed by atoms with Crippen LogP contribution in [0.1, 0.15) is 25.3 Å². The number of benzene rings is 1. The van der Waals surface area contributed by atoms with Crippen molar-refractivity contribution in [3.8, 4) is 17.6 Å². The summed E-state index contributed by atoms with van der Waals surface area (Å²) in [4.78, 5) is 11.8. The summed E-state index contributed by atoms with van der Waals surface area (Å²) in [5.41, 5.74) is 0.450. The predicted octanol–water partition coefficient (Wildman–Crippen LogP) is 3.61. The monoisotopic (exact) mass is 323 g/mol. The highest BCUT2D eigenvalue weighted by Crippen LogP contribution is 2.36. The molecule has 0 heterocycles. The van der Waals surface area contributed by atoms with Crippen LogP contribution >= 0.6 is 11.6 Å². The molecule has 0 atom stereocenters. The first kappa shape index (κ1) is 17.9. The molecule has 22 heavy (non-hydrogen) atoms. The molecule has 0 radical (unpaired) electrons. The van der Waals surface area contributed by atoms with Gasteiger partial charge in [0.25, 0.3) is 0 Å². The minimum Gasteiger partial charge on any atom is -0.493 e. The van der Waals surface area contributed by atoms with Gasteiger partial charge in [-0.15, -0.1) is 0 Å². The third kappa shape index (κ3) is 4.68.